The third-order valence-electron chi connectivity index (χ3n) is 2.57. The van der Waals surface area contributed by atoms with Gasteiger partial charge in [0, 0.05) is 10.0 Å². The molecule has 0 saturated carbocycles. The first-order chi connectivity index (χ1) is 9.51. The molecular formula is C14H19BrFN3O2. The first-order valence-electron chi connectivity index (χ1n) is 6.38. The topological polar surface area (TPSA) is 84.2 Å². The fraction of sp³-hybridized carbons (Fsp3) is 0.429. The summed E-state index contributed by atoms with van der Waals surface area (Å²) in [5, 5.41) is 5.31. The molecule has 1 aromatic rings. The van der Waals surface area contributed by atoms with Gasteiger partial charge in [-0.25, -0.2) is 4.39 Å². The van der Waals surface area contributed by atoms with Crippen LogP contribution in [0, 0.1) is 5.82 Å². The Kier molecular flexibility index (Phi) is 5.33. The monoisotopic (exact) mass is 359 g/mol. The van der Waals surface area contributed by atoms with Crippen molar-refractivity contribution in [1.29, 1.82) is 0 Å². The molecule has 0 radical (unpaired) electrons. The molecule has 21 heavy (non-hydrogen) atoms. The van der Waals surface area contributed by atoms with E-state index in [2.05, 4.69) is 26.6 Å². The highest BCUT2D eigenvalue weighted by molar-refractivity contribution is 9.10. The van der Waals surface area contributed by atoms with Crippen molar-refractivity contribution < 1.29 is 14.0 Å². The standard InChI is InChI=1S/C14H19BrFN3O2/c1-7(12(20)19-14(2,3)4)18-13(21)8-5-11(17)10(16)6-9(8)15/h5-7H,17H2,1-4H3,(H,18,21)(H,19,20). The maximum atomic E-state index is 13.2. The normalized spacial score (nSPS) is 12.7. The van der Waals surface area contributed by atoms with Crippen LogP contribution in [0.2, 0.25) is 0 Å². The number of anilines is 1. The van der Waals surface area contributed by atoms with Gasteiger partial charge >= 0.3 is 0 Å². The van der Waals surface area contributed by atoms with Crippen molar-refractivity contribution in [1.82, 2.24) is 10.6 Å². The lowest BCUT2D eigenvalue weighted by molar-refractivity contribution is -0.124. The third kappa shape index (κ3) is 5.00. The summed E-state index contributed by atoms with van der Waals surface area (Å²) in [6, 6.07) is 1.61. The molecular weight excluding hydrogens is 341 g/mol. The number of amides is 2. The van der Waals surface area contributed by atoms with E-state index in [1.54, 1.807) is 6.92 Å². The predicted octanol–water partition coefficient (Wildman–Crippen LogP) is 2.20. The zero-order chi connectivity index (χ0) is 16.4. The zero-order valence-corrected chi connectivity index (χ0v) is 14.0. The van der Waals surface area contributed by atoms with Crippen LogP contribution in [-0.4, -0.2) is 23.4 Å². The summed E-state index contributed by atoms with van der Waals surface area (Å²) in [6.07, 6.45) is 0. The number of rotatable bonds is 3. The smallest absolute Gasteiger partial charge is 0.253 e. The number of hydrogen-bond acceptors (Lipinski definition) is 3. The molecule has 0 aliphatic carbocycles. The minimum absolute atomic E-state index is 0.129. The summed E-state index contributed by atoms with van der Waals surface area (Å²) in [5.74, 6) is -1.43. The molecule has 0 fully saturated rings. The SMILES string of the molecule is CC(NC(=O)c1cc(N)c(F)cc1Br)C(=O)NC(C)(C)C. The van der Waals surface area contributed by atoms with Gasteiger partial charge in [-0.2, -0.15) is 0 Å². The van der Waals surface area contributed by atoms with Crippen LogP contribution in [0.5, 0.6) is 0 Å². The molecule has 0 aliphatic rings. The van der Waals surface area contributed by atoms with E-state index in [4.69, 9.17) is 5.73 Å². The van der Waals surface area contributed by atoms with Crippen molar-refractivity contribution in [3.8, 4) is 0 Å². The molecule has 0 aliphatic heterocycles. The molecule has 0 bridgehead atoms. The Morgan fingerprint density at radius 2 is 1.90 bits per heavy atom. The summed E-state index contributed by atoms with van der Waals surface area (Å²) >= 11 is 3.10. The average Bonchev–Trinajstić information content (AvgIpc) is 2.31. The van der Waals surface area contributed by atoms with Gasteiger partial charge < -0.3 is 16.4 Å². The fourth-order valence-corrected chi connectivity index (χ4v) is 2.05. The van der Waals surface area contributed by atoms with E-state index in [0.717, 1.165) is 6.07 Å². The number of nitrogen functional groups attached to an aromatic ring is 1. The number of carbonyl (C=O) groups is 2. The van der Waals surface area contributed by atoms with Crippen molar-refractivity contribution in [2.45, 2.75) is 39.3 Å². The number of halogens is 2. The lowest BCUT2D eigenvalue weighted by atomic mass is 10.1. The maximum absolute atomic E-state index is 13.2. The number of benzene rings is 1. The second-order valence-corrected chi connectivity index (χ2v) is 6.64. The van der Waals surface area contributed by atoms with Crippen molar-refractivity contribution >= 4 is 33.4 Å². The van der Waals surface area contributed by atoms with Gasteiger partial charge in [-0.15, -0.1) is 0 Å². The van der Waals surface area contributed by atoms with Crippen LogP contribution in [0.15, 0.2) is 16.6 Å². The summed E-state index contributed by atoms with van der Waals surface area (Å²) < 4.78 is 13.5. The van der Waals surface area contributed by atoms with Gasteiger partial charge in [0.2, 0.25) is 5.91 Å². The Morgan fingerprint density at radius 3 is 2.43 bits per heavy atom. The number of hydrogen-bond donors (Lipinski definition) is 3. The van der Waals surface area contributed by atoms with Crippen LogP contribution < -0.4 is 16.4 Å². The van der Waals surface area contributed by atoms with Crippen LogP contribution in [0.1, 0.15) is 38.1 Å². The Hall–Kier alpha value is -1.63. The quantitative estimate of drug-likeness (QED) is 0.723. The van der Waals surface area contributed by atoms with E-state index < -0.39 is 23.3 Å². The Bertz CT molecular complexity index is 570. The first-order valence-corrected chi connectivity index (χ1v) is 7.18. The molecule has 5 nitrogen and oxygen atoms in total. The van der Waals surface area contributed by atoms with Crippen molar-refractivity contribution in [3.05, 3.63) is 28.0 Å². The van der Waals surface area contributed by atoms with Gasteiger partial charge in [-0.05, 0) is 55.8 Å². The van der Waals surface area contributed by atoms with Crippen LogP contribution in [0.25, 0.3) is 0 Å². The van der Waals surface area contributed by atoms with E-state index in [0.29, 0.717) is 0 Å². The van der Waals surface area contributed by atoms with E-state index in [-0.39, 0.29) is 21.6 Å². The number of nitrogens with two attached hydrogens (primary N) is 1. The van der Waals surface area contributed by atoms with Crippen molar-refractivity contribution in [2.24, 2.45) is 0 Å². The highest BCUT2D eigenvalue weighted by Crippen LogP contribution is 2.22. The Balaban J connectivity index is 2.82. The first kappa shape index (κ1) is 17.4. The zero-order valence-electron chi connectivity index (χ0n) is 12.4. The average molecular weight is 360 g/mol. The summed E-state index contributed by atoms with van der Waals surface area (Å²) in [5.41, 5.74) is 5.10. The lowest BCUT2D eigenvalue weighted by Crippen LogP contribution is -2.50. The van der Waals surface area contributed by atoms with Crippen LogP contribution in [0.3, 0.4) is 0 Å². The summed E-state index contributed by atoms with van der Waals surface area (Å²) in [6.45, 7) is 7.10. The molecule has 0 aromatic heterocycles. The van der Waals surface area contributed by atoms with Crippen LogP contribution in [0.4, 0.5) is 10.1 Å². The predicted molar refractivity (Wildman–Crippen MR) is 83.3 cm³/mol. The molecule has 4 N–H and O–H groups in total. The fourth-order valence-electron chi connectivity index (χ4n) is 1.56. The second kappa shape index (κ2) is 6.43. The molecule has 0 saturated heterocycles. The van der Waals surface area contributed by atoms with Crippen LogP contribution >= 0.6 is 15.9 Å². The van der Waals surface area contributed by atoms with E-state index in [9.17, 15) is 14.0 Å². The Labute approximate surface area is 131 Å². The lowest BCUT2D eigenvalue weighted by Gasteiger charge is -2.23. The van der Waals surface area contributed by atoms with Gasteiger partial charge in [0.15, 0.2) is 0 Å². The molecule has 1 rings (SSSR count). The van der Waals surface area contributed by atoms with Gasteiger partial charge in [0.1, 0.15) is 11.9 Å². The molecule has 1 unspecified atom stereocenters. The molecule has 116 valence electrons. The molecule has 2 amide bonds. The second-order valence-electron chi connectivity index (χ2n) is 5.79. The molecule has 0 spiro atoms. The minimum Gasteiger partial charge on any atom is -0.396 e. The van der Waals surface area contributed by atoms with Gasteiger partial charge in [-0.1, -0.05) is 0 Å². The molecule has 7 heteroatoms. The maximum Gasteiger partial charge on any atom is 0.253 e. The van der Waals surface area contributed by atoms with Gasteiger partial charge in [-0.3, -0.25) is 9.59 Å². The van der Waals surface area contributed by atoms with E-state index in [1.165, 1.54) is 6.07 Å². The Morgan fingerprint density at radius 1 is 1.33 bits per heavy atom. The number of carbonyl (C=O) groups excluding carboxylic acids is 2. The molecule has 1 atom stereocenters. The number of nitrogens with one attached hydrogen (secondary N) is 2. The van der Waals surface area contributed by atoms with Gasteiger partial charge in [0.25, 0.3) is 5.91 Å². The van der Waals surface area contributed by atoms with Crippen LogP contribution in [-0.2, 0) is 4.79 Å². The summed E-state index contributed by atoms with van der Waals surface area (Å²) in [7, 11) is 0. The highest BCUT2D eigenvalue weighted by atomic mass is 79.9. The molecule has 0 heterocycles. The highest BCUT2D eigenvalue weighted by Gasteiger charge is 2.22. The van der Waals surface area contributed by atoms with E-state index >= 15 is 0 Å². The largest absolute Gasteiger partial charge is 0.396 e. The molecule has 1 aromatic carbocycles. The van der Waals surface area contributed by atoms with Gasteiger partial charge in [0.05, 0.1) is 11.3 Å². The minimum atomic E-state index is -0.727. The summed E-state index contributed by atoms with van der Waals surface area (Å²) in [4.78, 5) is 24.0. The van der Waals surface area contributed by atoms with E-state index in [1.807, 2.05) is 20.8 Å². The van der Waals surface area contributed by atoms with Crippen molar-refractivity contribution in [3.63, 3.8) is 0 Å². The third-order valence-corrected chi connectivity index (χ3v) is 3.23. The van der Waals surface area contributed by atoms with Crippen molar-refractivity contribution in [2.75, 3.05) is 5.73 Å².